The summed E-state index contributed by atoms with van der Waals surface area (Å²) in [5.74, 6) is 0.835. The molecule has 8 heteroatoms. The Labute approximate surface area is 250 Å². The number of halogens is 1. The molecule has 2 saturated carbocycles. The van der Waals surface area contributed by atoms with Gasteiger partial charge in [-0.1, -0.05) is 13.3 Å². The van der Waals surface area contributed by atoms with Crippen molar-refractivity contribution in [1.29, 1.82) is 0 Å². The molecule has 1 aromatic heterocycles. The Bertz CT molecular complexity index is 1550. The lowest BCUT2D eigenvalue weighted by atomic mass is 9.81. The summed E-state index contributed by atoms with van der Waals surface area (Å²) in [6, 6.07) is 13.9. The lowest BCUT2D eigenvalue weighted by Crippen LogP contribution is -2.59. The van der Waals surface area contributed by atoms with Crippen LogP contribution in [0.1, 0.15) is 95.6 Å². The van der Waals surface area contributed by atoms with Crippen LogP contribution in [0.3, 0.4) is 0 Å². The van der Waals surface area contributed by atoms with Gasteiger partial charge in [0, 0.05) is 42.0 Å². The molecule has 6 nitrogen and oxygen atoms in total. The number of benzene rings is 2. The van der Waals surface area contributed by atoms with Crippen molar-refractivity contribution >= 4 is 20.9 Å². The third kappa shape index (κ3) is 5.22. The van der Waals surface area contributed by atoms with Crippen LogP contribution in [0.15, 0.2) is 41.3 Å². The smallest absolute Gasteiger partial charge is 0.175 e. The van der Waals surface area contributed by atoms with E-state index in [2.05, 4.69) is 34.3 Å². The van der Waals surface area contributed by atoms with E-state index in [1.807, 2.05) is 0 Å². The van der Waals surface area contributed by atoms with E-state index >= 15 is 4.39 Å². The Balaban J connectivity index is 1.10. The summed E-state index contributed by atoms with van der Waals surface area (Å²) in [5.41, 5.74) is 3.21. The van der Waals surface area contributed by atoms with Gasteiger partial charge in [0.25, 0.3) is 0 Å². The first-order chi connectivity index (χ1) is 20.2. The predicted molar refractivity (Wildman–Crippen MR) is 166 cm³/mol. The molecule has 3 heterocycles. The van der Waals surface area contributed by atoms with Crippen LogP contribution in [0.25, 0.3) is 22.4 Å². The molecule has 2 aliphatic carbocycles. The van der Waals surface area contributed by atoms with Gasteiger partial charge in [0.05, 0.1) is 10.4 Å². The molecule has 3 aromatic rings. The summed E-state index contributed by atoms with van der Waals surface area (Å²) in [5, 5.41) is 0. The number of nitrogens with zero attached hydrogens (tertiary/aromatic N) is 4. The van der Waals surface area contributed by atoms with Crippen molar-refractivity contribution in [2.75, 3.05) is 19.3 Å². The molecule has 226 valence electrons. The molecular formula is C34H45FN4O2S. The van der Waals surface area contributed by atoms with E-state index in [0.717, 1.165) is 67.3 Å². The number of piperidine rings is 2. The first-order valence-corrected chi connectivity index (χ1v) is 18.1. The standard InChI is InChI=1S/C34H45FN4O2S/c1-4-26-21-29(18-22(2)38(26)27-6-5-7-27)37-16-14-23(15-17-37)25-19-31(35)33-32(20-25)39(28-10-11-28)34(36-33)24-8-12-30(13-9-24)42(3,40)41/h8-9,12-13,19-20,22-23,26-29H,4-7,10-11,14-18,21H2,1-3H3. The van der Waals surface area contributed by atoms with E-state index in [4.69, 9.17) is 4.98 Å². The highest BCUT2D eigenvalue weighted by molar-refractivity contribution is 7.90. The van der Waals surface area contributed by atoms with Crippen LogP contribution in [-0.4, -0.2) is 71.3 Å². The Morgan fingerprint density at radius 3 is 2.24 bits per heavy atom. The summed E-state index contributed by atoms with van der Waals surface area (Å²) >= 11 is 0. The molecule has 0 bridgehead atoms. The number of aromatic nitrogens is 2. The van der Waals surface area contributed by atoms with Gasteiger partial charge in [0.1, 0.15) is 11.3 Å². The second-order valence-electron chi connectivity index (χ2n) is 13.6. The van der Waals surface area contributed by atoms with Crippen LogP contribution in [0, 0.1) is 5.82 Å². The zero-order valence-corrected chi connectivity index (χ0v) is 26.1. The summed E-state index contributed by atoms with van der Waals surface area (Å²) in [4.78, 5) is 10.7. The number of sulfone groups is 1. The summed E-state index contributed by atoms with van der Waals surface area (Å²) in [7, 11) is -3.28. The van der Waals surface area contributed by atoms with E-state index < -0.39 is 9.84 Å². The lowest BCUT2D eigenvalue weighted by Gasteiger charge is -2.53. The van der Waals surface area contributed by atoms with Crippen molar-refractivity contribution in [1.82, 2.24) is 19.4 Å². The fourth-order valence-electron chi connectivity index (χ4n) is 8.19. The highest BCUT2D eigenvalue weighted by Gasteiger charge is 2.41. The summed E-state index contributed by atoms with van der Waals surface area (Å²) in [6.07, 6.45) is 13.4. The molecule has 4 aliphatic rings. The van der Waals surface area contributed by atoms with Gasteiger partial charge in [0.2, 0.25) is 0 Å². The number of fused-ring (bicyclic) bond motifs is 1. The quantitative estimate of drug-likeness (QED) is 0.297. The maximum Gasteiger partial charge on any atom is 0.175 e. The molecule has 0 N–H and O–H groups in total. The van der Waals surface area contributed by atoms with Gasteiger partial charge in [-0.2, -0.15) is 0 Å². The largest absolute Gasteiger partial charge is 0.321 e. The van der Waals surface area contributed by atoms with Crippen molar-refractivity contribution in [3.05, 3.63) is 47.8 Å². The molecule has 2 aromatic carbocycles. The van der Waals surface area contributed by atoms with Crippen LogP contribution >= 0.6 is 0 Å². The fourth-order valence-corrected chi connectivity index (χ4v) is 8.82. The van der Waals surface area contributed by atoms with Crippen molar-refractivity contribution in [2.24, 2.45) is 0 Å². The Morgan fingerprint density at radius 2 is 1.64 bits per heavy atom. The van der Waals surface area contributed by atoms with Crippen LogP contribution < -0.4 is 0 Å². The van der Waals surface area contributed by atoms with Crippen LogP contribution in [0.2, 0.25) is 0 Å². The van der Waals surface area contributed by atoms with Crippen molar-refractivity contribution in [3.63, 3.8) is 0 Å². The number of rotatable bonds is 7. The van der Waals surface area contributed by atoms with E-state index in [0.29, 0.717) is 35.6 Å². The molecule has 2 saturated heterocycles. The topological polar surface area (TPSA) is 58.4 Å². The maximum absolute atomic E-state index is 15.7. The second kappa shape index (κ2) is 11.0. The minimum Gasteiger partial charge on any atom is -0.321 e. The maximum atomic E-state index is 15.7. The van der Waals surface area contributed by atoms with Crippen molar-refractivity contribution in [2.45, 2.75) is 119 Å². The highest BCUT2D eigenvalue weighted by atomic mass is 32.2. The van der Waals surface area contributed by atoms with Gasteiger partial charge in [0.15, 0.2) is 15.7 Å². The van der Waals surface area contributed by atoms with Crippen LogP contribution in [0.4, 0.5) is 4.39 Å². The Morgan fingerprint density at radius 1 is 0.929 bits per heavy atom. The van der Waals surface area contributed by atoms with Gasteiger partial charge in [-0.15, -0.1) is 0 Å². The summed E-state index contributed by atoms with van der Waals surface area (Å²) in [6.45, 7) is 6.99. The van der Waals surface area contributed by atoms with Gasteiger partial charge in [-0.25, -0.2) is 17.8 Å². The van der Waals surface area contributed by atoms with E-state index in [-0.39, 0.29) is 10.7 Å². The summed E-state index contributed by atoms with van der Waals surface area (Å²) < 4.78 is 41.8. The average Bonchev–Trinajstić information content (AvgIpc) is 3.71. The fraction of sp³-hybridized carbons (Fsp3) is 0.618. The molecule has 0 amide bonds. The average molecular weight is 593 g/mol. The van der Waals surface area contributed by atoms with Crippen LogP contribution in [-0.2, 0) is 9.84 Å². The minimum absolute atomic E-state index is 0.249. The van der Waals surface area contributed by atoms with Gasteiger partial charge < -0.3 is 9.47 Å². The zero-order chi connectivity index (χ0) is 29.2. The van der Waals surface area contributed by atoms with E-state index in [9.17, 15) is 8.42 Å². The molecule has 42 heavy (non-hydrogen) atoms. The molecule has 3 atom stereocenters. The van der Waals surface area contributed by atoms with Gasteiger partial charge in [-0.05, 0) is 126 Å². The number of hydrogen-bond donors (Lipinski definition) is 0. The highest BCUT2D eigenvalue weighted by Crippen LogP contribution is 2.43. The Kier molecular flexibility index (Phi) is 7.47. The Hall–Kier alpha value is -2.29. The molecule has 2 aliphatic heterocycles. The molecular weight excluding hydrogens is 547 g/mol. The van der Waals surface area contributed by atoms with Crippen molar-refractivity contribution < 1.29 is 12.8 Å². The third-order valence-corrected chi connectivity index (χ3v) is 11.9. The van der Waals surface area contributed by atoms with E-state index in [1.165, 1.54) is 44.8 Å². The zero-order valence-electron chi connectivity index (χ0n) is 25.3. The predicted octanol–water partition coefficient (Wildman–Crippen LogP) is 6.94. The normalized spacial score (nSPS) is 27.0. The van der Waals surface area contributed by atoms with Crippen LogP contribution in [0.5, 0.6) is 0 Å². The first kappa shape index (κ1) is 28.5. The molecule has 4 fully saturated rings. The van der Waals surface area contributed by atoms with Crippen molar-refractivity contribution in [3.8, 4) is 11.4 Å². The molecule has 3 unspecified atom stereocenters. The van der Waals surface area contributed by atoms with E-state index in [1.54, 1.807) is 30.3 Å². The number of hydrogen-bond acceptors (Lipinski definition) is 5. The minimum atomic E-state index is -3.28. The second-order valence-corrected chi connectivity index (χ2v) is 15.6. The first-order valence-electron chi connectivity index (χ1n) is 16.2. The molecule has 0 radical (unpaired) electrons. The molecule has 7 rings (SSSR count). The number of imidazole rings is 1. The SMILES string of the molecule is CCC1CC(N2CCC(c3cc(F)c4nc(-c5ccc(S(C)(=O)=O)cc5)n(C5CC5)c4c3)CC2)CC(C)N1C1CCC1. The number of likely N-dealkylation sites (tertiary alicyclic amines) is 2. The van der Waals surface area contributed by atoms with Gasteiger partial charge >= 0.3 is 0 Å². The van der Waals surface area contributed by atoms with Gasteiger partial charge in [-0.3, -0.25) is 4.90 Å². The lowest BCUT2D eigenvalue weighted by molar-refractivity contribution is -0.0295. The molecule has 0 spiro atoms. The third-order valence-electron chi connectivity index (χ3n) is 10.8. The monoisotopic (exact) mass is 592 g/mol.